The van der Waals surface area contributed by atoms with Crippen molar-refractivity contribution in [2.75, 3.05) is 13.2 Å². The minimum absolute atomic E-state index is 0.468. The molecule has 20 heavy (non-hydrogen) atoms. The van der Waals surface area contributed by atoms with Crippen LogP contribution in [-0.2, 0) is 11.2 Å². The van der Waals surface area contributed by atoms with Gasteiger partial charge in [-0.25, -0.2) is 0 Å². The molecule has 110 valence electrons. The minimum Gasteiger partial charge on any atom is -0.501 e. The molecule has 0 amide bonds. The Morgan fingerprint density at radius 1 is 1.35 bits per heavy atom. The summed E-state index contributed by atoms with van der Waals surface area (Å²) < 4.78 is 5.51. The molecular formula is C18H27NO. The maximum Gasteiger partial charge on any atom is 0.0876 e. The van der Waals surface area contributed by atoms with E-state index in [9.17, 15) is 0 Å². The Bertz CT molecular complexity index is 439. The molecule has 0 saturated heterocycles. The molecule has 1 aliphatic rings. The predicted octanol–water partition coefficient (Wildman–Crippen LogP) is 3.99. The van der Waals surface area contributed by atoms with E-state index in [1.54, 1.807) is 0 Å². The number of rotatable bonds is 7. The lowest BCUT2D eigenvalue weighted by Crippen LogP contribution is -2.33. The zero-order valence-corrected chi connectivity index (χ0v) is 12.8. The normalized spacial score (nSPS) is 16.4. The molecule has 2 rings (SSSR count). The molecular weight excluding hydrogens is 246 g/mol. The summed E-state index contributed by atoms with van der Waals surface area (Å²) in [6.45, 7) is 6.34. The summed E-state index contributed by atoms with van der Waals surface area (Å²) >= 11 is 0. The first-order chi connectivity index (χ1) is 9.79. The topological polar surface area (TPSA) is 21.3 Å². The molecule has 0 aromatic heterocycles. The van der Waals surface area contributed by atoms with Gasteiger partial charge in [0.2, 0.25) is 0 Å². The lowest BCUT2D eigenvalue weighted by atomic mass is 9.95. The van der Waals surface area contributed by atoms with Crippen LogP contribution in [0.5, 0.6) is 0 Å². The largest absolute Gasteiger partial charge is 0.501 e. The molecule has 1 N–H and O–H groups in total. The van der Waals surface area contributed by atoms with E-state index in [2.05, 4.69) is 43.4 Å². The first-order valence-corrected chi connectivity index (χ1v) is 7.89. The van der Waals surface area contributed by atoms with Crippen molar-refractivity contribution in [1.82, 2.24) is 5.32 Å². The summed E-state index contributed by atoms with van der Waals surface area (Å²) in [5, 5.41) is 3.68. The zero-order valence-electron chi connectivity index (χ0n) is 12.8. The monoisotopic (exact) mass is 273 g/mol. The van der Waals surface area contributed by atoms with Gasteiger partial charge in [-0.2, -0.15) is 0 Å². The highest BCUT2D eigenvalue weighted by Crippen LogP contribution is 2.20. The fourth-order valence-electron chi connectivity index (χ4n) is 2.76. The molecule has 0 saturated carbocycles. The summed E-state index contributed by atoms with van der Waals surface area (Å²) in [5.74, 6) is 0. The van der Waals surface area contributed by atoms with E-state index in [1.807, 2.05) is 6.26 Å². The third-order valence-corrected chi connectivity index (χ3v) is 3.85. The van der Waals surface area contributed by atoms with E-state index in [-0.39, 0.29) is 0 Å². The van der Waals surface area contributed by atoms with E-state index in [4.69, 9.17) is 4.74 Å². The van der Waals surface area contributed by atoms with Crippen LogP contribution in [0.2, 0.25) is 0 Å². The lowest BCUT2D eigenvalue weighted by molar-refractivity contribution is 0.218. The van der Waals surface area contributed by atoms with E-state index < -0.39 is 0 Å². The molecule has 1 unspecified atom stereocenters. The van der Waals surface area contributed by atoms with Crippen molar-refractivity contribution in [2.24, 2.45) is 0 Å². The quantitative estimate of drug-likeness (QED) is 0.811. The van der Waals surface area contributed by atoms with Gasteiger partial charge in [0.15, 0.2) is 0 Å². The summed E-state index contributed by atoms with van der Waals surface area (Å²) in [7, 11) is 0. The number of hydrogen-bond acceptors (Lipinski definition) is 2. The Morgan fingerprint density at radius 3 is 2.95 bits per heavy atom. The molecule has 1 heterocycles. The van der Waals surface area contributed by atoms with Crippen LogP contribution in [0.1, 0.15) is 43.7 Å². The van der Waals surface area contributed by atoms with Crippen LogP contribution < -0.4 is 5.32 Å². The summed E-state index contributed by atoms with van der Waals surface area (Å²) in [4.78, 5) is 0. The smallest absolute Gasteiger partial charge is 0.0876 e. The van der Waals surface area contributed by atoms with Gasteiger partial charge < -0.3 is 10.1 Å². The van der Waals surface area contributed by atoms with Gasteiger partial charge in [-0.05, 0) is 56.7 Å². The molecule has 1 aromatic rings. The van der Waals surface area contributed by atoms with Gasteiger partial charge in [0, 0.05) is 6.04 Å². The summed E-state index contributed by atoms with van der Waals surface area (Å²) in [5.41, 5.74) is 4.23. The van der Waals surface area contributed by atoms with E-state index in [0.29, 0.717) is 6.04 Å². The first-order valence-electron chi connectivity index (χ1n) is 7.89. The third-order valence-electron chi connectivity index (χ3n) is 3.85. The first kappa shape index (κ1) is 15.1. The van der Waals surface area contributed by atoms with Crippen molar-refractivity contribution < 1.29 is 4.74 Å². The molecule has 0 aliphatic carbocycles. The third kappa shape index (κ3) is 4.68. The van der Waals surface area contributed by atoms with Gasteiger partial charge in [0.05, 0.1) is 12.9 Å². The second kappa shape index (κ2) is 8.11. The van der Waals surface area contributed by atoms with Crippen LogP contribution in [0.3, 0.4) is 0 Å². The maximum atomic E-state index is 5.51. The standard InChI is InChI=1S/C18H27NO/c1-3-11-19-18(17-8-5-12-20-14-17)10-9-16-7-4-6-15(2)13-16/h4,6-7,13-14,18-19H,3,5,8-12H2,1-2H3. The van der Waals surface area contributed by atoms with Gasteiger partial charge in [-0.1, -0.05) is 36.8 Å². The highest BCUT2D eigenvalue weighted by molar-refractivity contribution is 5.23. The van der Waals surface area contributed by atoms with Crippen LogP contribution in [0.15, 0.2) is 36.1 Å². The lowest BCUT2D eigenvalue weighted by Gasteiger charge is -2.24. The minimum atomic E-state index is 0.468. The maximum absolute atomic E-state index is 5.51. The average molecular weight is 273 g/mol. The van der Waals surface area contributed by atoms with Crippen molar-refractivity contribution in [3.05, 3.63) is 47.2 Å². The highest BCUT2D eigenvalue weighted by Gasteiger charge is 2.16. The average Bonchev–Trinajstić information content (AvgIpc) is 2.48. The Hall–Kier alpha value is -1.28. The van der Waals surface area contributed by atoms with Crippen molar-refractivity contribution in [1.29, 1.82) is 0 Å². The van der Waals surface area contributed by atoms with E-state index >= 15 is 0 Å². The number of ether oxygens (including phenoxy) is 1. The summed E-state index contributed by atoms with van der Waals surface area (Å²) in [6, 6.07) is 9.31. The summed E-state index contributed by atoms with van der Waals surface area (Å²) in [6.07, 6.45) is 7.77. The second-order valence-corrected chi connectivity index (χ2v) is 5.70. The molecule has 1 atom stereocenters. The van der Waals surface area contributed by atoms with Crippen molar-refractivity contribution >= 4 is 0 Å². The SMILES string of the molecule is CCCNC(CCc1cccc(C)c1)C1=COCCC1. The van der Waals surface area contributed by atoms with Crippen LogP contribution in [0.4, 0.5) is 0 Å². The highest BCUT2D eigenvalue weighted by atomic mass is 16.5. The predicted molar refractivity (Wildman–Crippen MR) is 84.9 cm³/mol. The Labute approximate surface area is 123 Å². The van der Waals surface area contributed by atoms with Crippen molar-refractivity contribution in [3.63, 3.8) is 0 Å². The van der Waals surface area contributed by atoms with Gasteiger partial charge in [-0.15, -0.1) is 0 Å². The Balaban J connectivity index is 1.94. The van der Waals surface area contributed by atoms with E-state index in [0.717, 1.165) is 32.4 Å². The van der Waals surface area contributed by atoms with Gasteiger partial charge >= 0.3 is 0 Å². The number of benzene rings is 1. The molecule has 1 aliphatic heterocycles. The molecule has 0 spiro atoms. The molecule has 2 nitrogen and oxygen atoms in total. The second-order valence-electron chi connectivity index (χ2n) is 5.70. The fraction of sp³-hybridized carbons (Fsp3) is 0.556. The molecule has 1 aromatic carbocycles. The number of aryl methyl sites for hydroxylation is 2. The molecule has 0 radical (unpaired) electrons. The van der Waals surface area contributed by atoms with Crippen LogP contribution >= 0.6 is 0 Å². The molecule has 0 fully saturated rings. The van der Waals surface area contributed by atoms with Gasteiger partial charge in [0.1, 0.15) is 0 Å². The number of hydrogen-bond donors (Lipinski definition) is 1. The van der Waals surface area contributed by atoms with Crippen LogP contribution in [-0.4, -0.2) is 19.2 Å². The fourth-order valence-corrected chi connectivity index (χ4v) is 2.76. The van der Waals surface area contributed by atoms with Crippen LogP contribution in [0.25, 0.3) is 0 Å². The van der Waals surface area contributed by atoms with Crippen molar-refractivity contribution in [2.45, 2.75) is 52.0 Å². The van der Waals surface area contributed by atoms with Crippen molar-refractivity contribution in [3.8, 4) is 0 Å². The Kier molecular flexibility index (Phi) is 6.13. The molecule has 0 bridgehead atoms. The van der Waals surface area contributed by atoms with Gasteiger partial charge in [-0.3, -0.25) is 0 Å². The Morgan fingerprint density at radius 2 is 2.25 bits per heavy atom. The van der Waals surface area contributed by atoms with Crippen LogP contribution in [0, 0.1) is 6.92 Å². The number of nitrogens with one attached hydrogen (secondary N) is 1. The van der Waals surface area contributed by atoms with Gasteiger partial charge in [0.25, 0.3) is 0 Å². The molecule has 2 heteroatoms. The van der Waals surface area contributed by atoms with E-state index in [1.165, 1.54) is 29.5 Å². The zero-order chi connectivity index (χ0) is 14.2.